The molecule has 2 heterocycles. The molecule has 0 bridgehead atoms. The number of aryl methyl sites for hydroxylation is 2. The highest BCUT2D eigenvalue weighted by molar-refractivity contribution is 5.96. The largest absolute Gasteiger partial charge is 0.480 e. The summed E-state index contributed by atoms with van der Waals surface area (Å²) in [5.41, 5.74) is 2.61. The molecule has 0 unspecified atom stereocenters. The molecular weight excluding hydrogens is 428 g/mol. The first kappa shape index (κ1) is 24.0. The van der Waals surface area contributed by atoms with Crippen molar-refractivity contribution in [3.05, 3.63) is 45.5 Å². The highest BCUT2D eigenvalue weighted by Crippen LogP contribution is 2.29. The fourth-order valence-electron chi connectivity index (χ4n) is 3.74. The first-order chi connectivity index (χ1) is 15.6. The van der Waals surface area contributed by atoms with Crippen molar-refractivity contribution in [1.82, 2.24) is 10.6 Å². The summed E-state index contributed by atoms with van der Waals surface area (Å²) in [5, 5.41) is 15.8. The van der Waals surface area contributed by atoms with Crippen LogP contribution in [0.4, 0.5) is 0 Å². The lowest BCUT2D eigenvalue weighted by molar-refractivity contribution is -0.143. The molecule has 2 atom stereocenters. The molecule has 9 heteroatoms. The second-order valence-corrected chi connectivity index (χ2v) is 8.30. The van der Waals surface area contributed by atoms with Gasteiger partial charge in [0.05, 0.1) is 12.8 Å². The molecule has 3 aromatic rings. The van der Waals surface area contributed by atoms with E-state index in [0.29, 0.717) is 23.2 Å². The van der Waals surface area contributed by atoms with Gasteiger partial charge >= 0.3 is 11.6 Å². The molecule has 0 radical (unpaired) electrons. The Bertz CT molecular complexity index is 1270. The molecule has 1 aromatic carbocycles. The molecule has 9 nitrogen and oxygen atoms in total. The Kier molecular flexibility index (Phi) is 7.20. The van der Waals surface area contributed by atoms with Crippen LogP contribution in [0.5, 0.6) is 0 Å². The van der Waals surface area contributed by atoms with Gasteiger partial charge in [0.1, 0.15) is 17.2 Å². The van der Waals surface area contributed by atoms with E-state index in [1.165, 1.54) is 0 Å². The predicted molar refractivity (Wildman–Crippen MR) is 122 cm³/mol. The second kappa shape index (κ2) is 9.89. The Hall–Kier alpha value is -3.62. The van der Waals surface area contributed by atoms with Crippen LogP contribution >= 0.6 is 0 Å². The minimum atomic E-state index is -1.12. The summed E-state index contributed by atoms with van der Waals surface area (Å²) in [6.07, 6.45) is 2.35. The maximum atomic E-state index is 12.5. The van der Waals surface area contributed by atoms with Crippen molar-refractivity contribution in [2.24, 2.45) is 5.92 Å². The van der Waals surface area contributed by atoms with Crippen LogP contribution in [0, 0.1) is 19.8 Å². The van der Waals surface area contributed by atoms with Crippen molar-refractivity contribution < 1.29 is 28.3 Å². The zero-order valence-corrected chi connectivity index (χ0v) is 19.1. The number of carbonyl (C=O) groups is 3. The molecule has 0 aliphatic carbocycles. The van der Waals surface area contributed by atoms with E-state index in [1.807, 2.05) is 26.8 Å². The summed E-state index contributed by atoms with van der Waals surface area (Å²) in [5.74, 6) is -2.38. The van der Waals surface area contributed by atoms with Crippen molar-refractivity contribution in [2.45, 2.75) is 53.0 Å². The summed E-state index contributed by atoms with van der Waals surface area (Å²) in [6.45, 7) is 6.95. The van der Waals surface area contributed by atoms with E-state index in [4.69, 9.17) is 8.83 Å². The van der Waals surface area contributed by atoms with Gasteiger partial charge in [-0.15, -0.1) is 0 Å². The lowest BCUT2D eigenvalue weighted by Crippen LogP contribution is -2.48. The number of aliphatic carboxylic acids is 1. The summed E-state index contributed by atoms with van der Waals surface area (Å²) in [6, 6.07) is 2.58. The van der Waals surface area contributed by atoms with Crippen molar-refractivity contribution in [3.8, 4) is 0 Å². The molecule has 3 N–H and O–H groups in total. The molecule has 0 saturated carbocycles. The Morgan fingerprint density at radius 1 is 1.09 bits per heavy atom. The van der Waals surface area contributed by atoms with Gasteiger partial charge in [-0.05, 0) is 43.4 Å². The standard InChI is InChI=1S/C24H28N2O7/c1-5-12(2)22(23(29)30)26-21(28)10-25-20(27)7-6-15-14(4)17-8-16-13(3)11-32-18(16)9-19(17)33-24(15)31/h8-9,11-12,22H,5-7,10H2,1-4H3,(H,25,27)(H,26,28)(H,29,30)/t12-,22-/m1/s1. The van der Waals surface area contributed by atoms with Gasteiger partial charge in [-0.25, -0.2) is 9.59 Å². The first-order valence-electron chi connectivity index (χ1n) is 10.8. The Morgan fingerprint density at radius 2 is 1.82 bits per heavy atom. The highest BCUT2D eigenvalue weighted by atomic mass is 16.4. The molecule has 0 spiro atoms. The summed E-state index contributed by atoms with van der Waals surface area (Å²) in [7, 11) is 0. The normalized spacial score (nSPS) is 13.1. The topological polar surface area (TPSA) is 139 Å². The highest BCUT2D eigenvalue weighted by Gasteiger charge is 2.25. The quantitative estimate of drug-likeness (QED) is 0.421. The van der Waals surface area contributed by atoms with Crippen molar-refractivity contribution in [3.63, 3.8) is 0 Å². The second-order valence-electron chi connectivity index (χ2n) is 8.30. The van der Waals surface area contributed by atoms with E-state index in [-0.39, 0.29) is 25.3 Å². The van der Waals surface area contributed by atoms with Crippen molar-refractivity contribution in [1.29, 1.82) is 0 Å². The lowest BCUT2D eigenvalue weighted by atomic mass is 9.99. The van der Waals surface area contributed by atoms with Gasteiger partial charge in [-0.1, -0.05) is 20.3 Å². The van der Waals surface area contributed by atoms with E-state index >= 15 is 0 Å². The van der Waals surface area contributed by atoms with Gasteiger partial charge in [0.25, 0.3) is 0 Å². The molecular formula is C24H28N2O7. The molecule has 0 aliphatic heterocycles. The Balaban J connectivity index is 1.65. The fraction of sp³-hybridized carbons (Fsp3) is 0.417. The summed E-state index contributed by atoms with van der Waals surface area (Å²) < 4.78 is 10.9. The van der Waals surface area contributed by atoms with Gasteiger partial charge in [0.15, 0.2) is 0 Å². The number of carboxylic acids is 1. The van der Waals surface area contributed by atoms with Gasteiger partial charge in [-0.3, -0.25) is 9.59 Å². The number of furan rings is 1. The van der Waals surface area contributed by atoms with Crippen LogP contribution in [0.2, 0.25) is 0 Å². The average molecular weight is 456 g/mol. The van der Waals surface area contributed by atoms with Crippen LogP contribution in [-0.2, 0) is 20.8 Å². The van der Waals surface area contributed by atoms with Gasteiger partial charge in [-0.2, -0.15) is 0 Å². The number of carboxylic acid groups (broad SMARTS) is 1. The van der Waals surface area contributed by atoms with Crippen molar-refractivity contribution >= 4 is 39.7 Å². The lowest BCUT2D eigenvalue weighted by Gasteiger charge is -2.20. The van der Waals surface area contributed by atoms with E-state index in [2.05, 4.69) is 10.6 Å². The van der Waals surface area contributed by atoms with E-state index in [1.54, 1.807) is 19.3 Å². The van der Waals surface area contributed by atoms with Crippen LogP contribution in [0.1, 0.15) is 43.4 Å². The number of benzene rings is 1. The van der Waals surface area contributed by atoms with E-state index in [9.17, 15) is 24.3 Å². The number of carbonyl (C=O) groups excluding carboxylic acids is 2. The molecule has 176 valence electrons. The minimum Gasteiger partial charge on any atom is -0.480 e. The van der Waals surface area contributed by atoms with Gasteiger partial charge in [0.2, 0.25) is 11.8 Å². The fourth-order valence-corrected chi connectivity index (χ4v) is 3.74. The zero-order valence-electron chi connectivity index (χ0n) is 19.1. The Labute approximate surface area is 190 Å². The van der Waals surface area contributed by atoms with Gasteiger partial charge < -0.3 is 24.6 Å². The van der Waals surface area contributed by atoms with Crippen LogP contribution in [0.15, 0.2) is 32.0 Å². The summed E-state index contributed by atoms with van der Waals surface area (Å²) >= 11 is 0. The average Bonchev–Trinajstić information content (AvgIpc) is 3.13. The van der Waals surface area contributed by atoms with Crippen LogP contribution < -0.4 is 16.3 Å². The molecule has 3 rings (SSSR count). The smallest absolute Gasteiger partial charge is 0.339 e. The van der Waals surface area contributed by atoms with E-state index < -0.39 is 29.5 Å². The van der Waals surface area contributed by atoms with Crippen LogP contribution in [0.3, 0.4) is 0 Å². The predicted octanol–water partition coefficient (Wildman–Crippen LogP) is 2.82. The molecule has 0 aliphatic rings. The molecule has 33 heavy (non-hydrogen) atoms. The SMILES string of the molecule is CC[C@@H](C)[C@@H](NC(=O)CNC(=O)CCc1c(C)c2cc3c(C)coc3cc2oc1=O)C(=O)O. The van der Waals surface area contributed by atoms with E-state index in [0.717, 1.165) is 21.9 Å². The van der Waals surface area contributed by atoms with Gasteiger partial charge in [0, 0.05) is 28.8 Å². The van der Waals surface area contributed by atoms with Crippen LogP contribution in [0.25, 0.3) is 21.9 Å². The number of fused-ring (bicyclic) bond motifs is 2. The molecule has 0 saturated heterocycles. The molecule has 2 aromatic heterocycles. The Morgan fingerprint density at radius 3 is 2.48 bits per heavy atom. The molecule has 2 amide bonds. The number of nitrogens with one attached hydrogen (secondary N) is 2. The maximum absolute atomic E-state index is 12.5. The molecule has 0 fully saturated rings. The summed E-state index contributed by atoms with van der Waals surface area (Å²) in [4.78, 5) is 48.1. The number of hydrogen-bond donors (Lipinski definition) is 3. The van der Waals surface area contributed by atoms with Crippen LogP contribution in [-0.4, -0.2) is 35.5 Å². The minimum absolute atomic E-state index is 0.0227. The third kappa shape index (κ3) is 5.24. The monoisotopic (exact) mass is 456 g/mol. The first-order valence-corrected chi connectivity index (χ1v) is 10.8. The third-order valence-corrected chi connectivity index (χ3v) is 6.02. The van der Waals surface area contributed by atoms with Crippen molar-refractivity contribution in [2.75, 3.05) is 6.54 Å². The maximum Gasteiger partial charge on any atom is 0.339 e. The third-order valence-electron chi connectivity index (χ3n) is 6.02. The number of amides is 2. The number of rotatable bonds is 9. The zero-order chi connectivity index (χ0) is 24.3. The number of hydrogen-bond acceptors (Lipinski definition) is 6.